The highest BCUT2D eigenvalue weighted by molar-refractivity contribution is 5.59. The molecule has 0 spiro atoms. The normalized spacial score (nSPS) is 16.7. The van der Waals surface area contributed by atoms with Crippen LogP contribution in [0.1, 0.15) is 18.4 Å². The zero-order valence-corrected chi connectivity index (χ0v) is 16.7. The molecule has 1 atom stereocenters. The van der Waals surface area contributed by atoms with Crippen LogP contribution in [0.3, 0.4) is 0 Å². The summed E-state index contributed by atoms with van der Waals surface area (Å²) in [6.45, 7) is 2.12. The van der Waals surface area contributed by atoms with Gasteiger partial charge in [0.25, 0.3) is 5.56 Å². The molecule has 0 saturated carbocycles. The molecule has 2 aromatic heterocycles. The Balaban J connectivity index is 1.46. The summed E-state index contributed by atoms with van der Waals surface area (Å²) >= 11 is 0. The number of nitrogens with zero attached hydrogens (tertiary/aromatic N) is 4. The van der Waals surface area contributed by atoms with Crippen molar-refractivity contribution in [2.75, 3.05) is 24.6 Å². The first-order valence-electron chi connectivity index (χ1n) is 10.1. The van der Waals surface area contributed by atoms with Gasteiger partial charge in [-0.25, -0.2) is 4.98 Å². The van der Waals surface area contributed by atoms with Crippen molar-refractivity contribution in [3.8, 4) is 11.3 Å². The molecule has 29 heavy (non-hydrogen) atoms. The third-order valence-corrected chi connectivity index (χ3v) is 5.34. The van der Waals surface area contributed by atoms with Crippen LogP contribution in [-0.2, 0) is 18.2 Å². The Kier molecular flexibility index (Phi) is 6.00. The summed E-state index contributed by atoms with van der Waals surface area (Å²) in [6, 6.07) is 15.9. The standard InChI is InChI=1S/C23H26N4O2/c1-26-22(28)16-21(19-10-12-24-13-11-19)25-23(26)27-14-15-29-20(17-27)9-5-8-18-6-3-2-4-7-18/h2-4,6-7,10-13,16,20H,5,8-9,14-15,17H2,1H3. The fourth-order valence-corrected chi connectivity index (χ4v) is 3.73. The molecule has 6 heteroatoms. The van der Waals surface area contributed by atoms with Gasteiger partial charge in [-0.05, 0) is 37.0 Å². The number of benzene rings is 1. The van der Waals surface area contributed by atoms with Crippen LogP contribution in [0.15, 0.2) is 65.7 Å². The maximum atomic E-state index is 12.5. The Morgan fingerprint density at radius 3 is 2.72 bits per heavy atom. The van der Waals surface area contributed by atoms with Gasteiger partial charge in [-0.3, -0.25) is 14.3 Å². The SMILES string of the molecule is Cn1c(N2CCOC(CCCc3ccccc3)C2)nc(-c2ccncc2)cc1=O. The molecular formula is C23H26N4O2. The van der Waals surface area contributed by atoms with E-state index in [4.69, 9.17) is 9.72 Å². The first-order valence-corrected chi connectivity index (χ1v) is 10.1. The van der Waals surface area contributed by atoms with Crippen molar-refractivity contribution >= 4 is 5.95 Å². The maximum absolute atomic E-state index is 12.5. The van der Waals surface area contributed by atoms with E-state index in [9.17, 15) is 4.79 Å². The van der Waals surface area contributed by atoms with Crippen LogP contribution in [-0.4, -0.2) is 40.3 Å². The van der Waals surface area contributed by atoms with Gasteiger partial charge < -0.3 is 9.64 Å². The average Bonchev–Trinajstić information content (AvgIpc) is 2.77. The van der Waals surface area contributed by atoms with E-state index in [0.29, 0.717) is 18.2 Å². The van der Waals surface area contributed by atoms with Gasteiger partial charge in [0.1, 0.15) is 0 Å². The lowest BCUT2D eigenvalue weighted by molar-refractivity contribution is 0.0333. The van der Waals surface area contributed by atoms with Gasteiger partial charge >= 0.3 is 0 Å². The van der Waals surface area contributed by atoms with Crippen molar-refractivity contribution in [1.82, 2.24) is 14.5 Å². The maximum Gasteiger partial charge on any atom is 0.255 e. The number of ether oxygens (including phenoxy) is 1. The summed E-state index contributed by atoms with van der Waals surface area (Å²) < 4.78 is 7.61. The van der Waals surface area contributed by atoms with Gasteiger partial charge in [-0.1, -0.05) is 30.3 Å². The van der Waals surface area contributed by atoms with Crippen molar-refractivity contribution in [3.63, 3.8) is 0 Å². The number of anilines is 1. The van der Waals surface area contributed by atoms with Gasteiger partial charge in [0.2, 0.25) is 5.95 Å². The second-order valence-corrected chi connectivity index (χ2v) is 7.39. The van der Waals surface area contributed by atoms with Gasteiger partial charge in [-0.2, -0.15) is 0 Å². The molecule has 1 saturated heterocycles. The lowest BCUT2D eigenvalue weighted by Gasteiger charge is -2.34. The predicted octanol–water partition coefficient (Wildman–Crippen LogP) is 3.07. The first kappa shape index (κ1) is 19.3. The van der Waals surface area contributed by atoms with Gasteiger partial charge in [-0.15, -0.1) is 0 Å². The molecule has 1 unspecified atom stereocenters. The van der Waals surface area contributed by atoms with Crippen LogP contribution in [0.5, 0.6) is 0 Å². The van der Waals surface area contributed by atoms with Crippen molar-refractivity contribution < 1.29 is 4.74 Å². The topological polar surface area (TPSA) is 60.2 Å². The molecule has 150 valence electrons. The predicted molar refractivity (Wildman–Crippen MR) is 114 cm³/mol. The van der Waals surface area contributed by atoms with Crippen molar-refractivity contribution in [1.29, 1.82) is 0 Å². The molecule has 4 rings (SSSR count). The number of hydrogen-bond donors (Lipinski definition) is 0. The minimum absolute atomic E-state index is 0.0612. The Morgan fingerprint density at radius 1 is 1.14 bits per heavy atom. The van der Waals surface area contributed by atoms with Crippen LogP contribution in [0, 0.1) is 0 Å². The number of morpholine rings is 1. The van der Waals surface area contributed by atoms with Crippen molar-refractivity contribution in [3.05, 3.63) is 76.8 Å². The van der Waals surface area contributed by atoms with Crippen molar-refractivity contribution in [2.45, 2.75) is 25.4 Å². The number of rotatable bonds is 6. The number of pyridine rings is 1. The molecule has 0 N–H and O–H groups in total. The molecule has 0 bridgehead atoms. The fourth-order valence-electron chi connectivity index (χ4n) is 3.73. The molecule has 3 aromatic rings. The molecule has 1 aromatic carbocycles. The highest BCUT2D eigenvalue weighted by Gasteiger charge is 2.23. The van der Waals surface area contributed by atoms with Crippen LogP contribution in [0.2, 0.25) is 0 Å². The van der Waals surface area contributed by atoms with E-state index in [0.717, 1.165) is 37.9 Å². The molecule has 1 fully saturated rings. The molecular weight excluding hydrogens is 364 g/mol. The van der Waals surface area contributed by atoms with Crippen molar-refractivity contribution in [2.24, 2.45) is 7.05 Å². The summed E-state index contributed by atoms with van der Waals surface area (Å²) in [5, 5.41) is 0. The van der Waals surface area contributed by atoms with E-state index in [1.807, 2.05) is 18.2 Å². The first-order chi connectivity index (χ1) is 14.2. The van der Waals surface area contributed by atoms with Crippen LogP contribution >= 0.6 is 0 Å². The molecule has 0 aliphatic carbocycles. The van der Waals surface area contributed by atoms with Gasteiger partial charge in [0.05, 0.1) is 18.4 Å². The van der Waals surface area contributed by atoms with Crippen LogP contribution in [0.4, 0.5) is 5.95 Å². The monoisotopic (exact) mass is 390 g/mol. The summed E-state index contributed by atoms with van der Waals surface area (Å²) in [5.41, 5.74) is 2.87. The number of hydrogen-bond acceptors (Lipinski definition) is 5. The molecule has 0 radical (unpaired) electrons. The minimum atomic E-state index is -0.0612. The van der Waals surface area contributed by atoms with E-state index in [1.165, 1.54) is 5.56 Å². The van der Waals surface area contributed by atoms with E-state index < -0.39 is 0 Å². The van der Waals surface area contributed by atoms with Gasteiger partial charge in [0, 0.05) is 44.2 Å². The summed E-state index contributed by atoms with van der Waals surface area (Å²) in [5.74, 6) is 0.695. The third kappa shape index (κ3) is 4.71. The van der Waals surface area contributed by atoms with E-state index >= 15 is 0 Å². The third-order valence-electron chi connectivity index (χ3n) is 5.34. The highest BCUT2D eigenvalue weighted by Crippen LogP contribution is 2.21. The Bertz CT molecular complexity index is 989. The fraction of sp³-hybridized carbons (Fsp3) is 0.348. The lowest BCUT2D eigenvalue weighted by atomic mass is 10.1. The number of aromatic nitrogens is 3. The molecule has 1 aliphatic heterocycles. The van der Waals surface area contributed by atoms with Crippen LogP contribution < -0.4 is 10.5 Å². The summed E-state index contributed by atoms with van der Waals surface area (Å²) in [7, 11) is 1.78. The summed E-state index contributed by atoms with van der Waals surface area (Å²) in [6.07, 6.45) is 6.69. The summed E-state index contributed by atoms with van der Waals surface area (Å²) in [4.78, 5) is 23.5. The Morgan fingerprint density at radius 2 is 1.93 bits per heavy atom. The van der Waals surface area contributed by atoms with Crippen LogP contribution in [0.25, 0.3) is 11.3 Å². The highest BCUT2D eigenvalue weighted by atomic mass is 16.5. The smallest absolute Gasteiger partial charge is 0.255 e. The minimum Gasteiger partial charge on any atom is -0.375 e. The second-order valence-electron chi connectivity index (χ2n) is 7.39. The van der Waals surface area contributed by atoms with Gasteiger partial charge in [0.15, 0.2) is 0 Å². The largest absolute Gasteiger partial charge is 0.375 e. The number of aryl methyl sites for hydroxylation is 1. The second kappa shape index (κ2) is 9.01. The zero-order valence-electron chi connectivity index (χ0n) is 16.7. The van der Waals surface area contributed by atoms with E-state index in [1.54, 1.807) is 30.1 Å². The van der Waals surface area contributed by atoms with E-state index in [-0.39, 0.29) is 11.7 Å². The molecule has 3 heterocycles. The molecule has 1 aliphatic rings. The lowest BCUT2D eigenvalue weighted by Crippen LogP contribution is -2.45. The average molecular weight is 390 g/mol. The van der Waals surface area contributed by atoms with E-state index in [2.05, 4.69) is 34.1 Å². The molecule has 0 amide bonds. The molecule has 6 nitrogen and oxygen atoms in total. The quantitative estimate of drug-likeness (QED) is 0.647. The Hall–Kier alpha value is -2.99. The zero-order chi connectivity index (χ0) is 20.1. The Labute approximate surface area is 170 Å².